The van der Waals surface area contributed by atoms with Crippen LogP contribution in [0.4, 0.5) is 0 Å². The van der Waals surface area contributed by atoms with Crippen LogP contribution in [0.3, 0.4) is 0 Å². The van der Waals surface area contributed by atoms with Gasteiger partial charge < -0.3 is 4.74 Å². The zero-order valence-corrected chi connectivity index (χ0v) is 26.0. The van der Waals surface area contributed by atoms with Crippen LogP contribution in [-0.2, 0) is 5.41 Å². The zero-order valence-electron chi connectivity index (χ0n) is 26.0. The molecule has 2 aliphatic rings. The summed E-state index contributed by atoms with van der Waals surface area (Å²) >= 11 is 0. The molecule has 0 fully saturated rings. The second kappa shape index (κ2) is 10.3. The van der Waals surface area contributed by atoms with Crippen LogP contribution in [0.15, 0.2) is 170 Å². The third kappa shape index (κ3) is 3.88. The van der Waals surface area contributed by atoms with Gasteiger partial charge in [-0.2, -0.15) is 0 Å². The standard InChI is InChI=1S/C45H28N2O/c1-3-13-29(14-4-1)40-28-41(47-44(46-40)30-15-5-2-6-16-30)33-23-24-34-35-25-31-17-7-8-18-32(31)26-39(35)45(38(34)27-33)36-19-9-11-21-42(36)48-43-22-12-10-20-37(43)45/h1-28H. The molecule has 10 rings (SSSR count). The van der Waals surface area contributed by atoms with Crippen molar-refractivity contribution in [2.24, 2.45) is 0 Å². The molecule has 7 aromatic carbocycles. The molecule has 0 saturated heterocycles. The van der Waals surface area contributed by atoms with Crippen molar-refractivity contribution >= 4 is 10.8 Å². The van der Waals surface area contributed by atoms with Crippen molar-refractivity contribution in [3.05, 3.63) is 192 Å². The summed E-state index contributed by atoms with van der Waals surface area (Å²) in [6, 6.07) is 60.1. The summed E-state index contributed by atoms with van der Waals surface area (Å²) in [5.74, 6) is 2.47. The molecule has 0 saturated carbocycles. The second-order valence-electron chi connectivity index (χ2n) is 12.5. The summed E-state index contributed by atoms with van der Waals surface area (Å²) < 4.78 is 6.61. The first-order chi connectivity index (χ1) is 23.8. The SMILES string of the molecule is c1ccc(-c2cc(-c3ccc4c(c3)C3(c5ccccc5Oc5ccccc53)c3cc5ccccc5cc3-4)nc(-c3ccccc3)n2)cc1. The van der Waals surface area contributed by atoms with Gasteiger partial charge in [-0.3, -0.25) is 0 Å². The highest BCUT2D eigenvalue weighted by Crippen LogP contribution is 2.62. The molecule has 1 aromatic heterocycles. The lowest BCUT2D eigenvalue weighted by Crippen LogP contribution is -2.32. The molecule has 3 nitrogen and oxygen atoms in total. The van der Waals surface area contributed by atoms with Crippen molar-refractivity contribution in [2.75, 3.05) is 0 Å². The molecule has 0 radical (unpaired) electrons. The lowest BCUT2D eigenvalue weighted by atomic mass is 9.65. The van der Waals surface area contributed by atoms with Crippen LogP contribution in [0.1, 0.15) is 22.3 Å². The van der Waals surface area contributed by atoms with E-state index in [1.54, 1.807) is 0 Å². The van der Waals surface area contributed by atoms with Crippen molar-refractivity contribution in [3.63, 3.8) is 0 Å². The molecule has 0 N–H and O–H groups in total. The Morgan fingerprint density at radius 2 is 0.917 bits per heavy atom. The van der Waals surface area contributed by atoms with Gasteiger partial charge in [0.25, 0.3) is 0 Å². The molecule has 8 aromatic rings. The largest absolute Gasteiger partial charge is 0.457 e. The highest BCUT2D eigenvalue weighted by atomic mass is 16.5. The predicted molar refractivity (Wildman–Crippen MR) is 193 cm³/mol. The molecular formula is C45H28N2O. The molecule has 1 aliphatic carbocycles. The third-order valence-electron chi connectivity index (χ3n) is 9.93. The van der Waals surface area contributed by atoms with Crippen LogP contribution in [0, 0.1) is 0 Å². The summed E-state index contributed by atoms with van der Waals surface area (Å²) in [5, 5.41) is 2.45. The third-order valence-corrected chi connectivity index (χ3v) is 9.93. The summed E-state index contributed by atoms with van der Waals surface area (Å²) in [7, 11) is 0. The number of hydrogen-bond donors (Lipinski definition) is 0. The lowest BCUT2D eigenvalue weighted by Gasteiger charge is -2.39. The molecule has 48 heavy (non-hydrogen) atoms. The van der Waals surface area contributed by atoms with Crippen molar-refractivity contribution in [3.8, 4) is 56.5 Å². The number of fused-ring (bicyclic) bond motifs is 10. The fraction of sp³-hybridized carbons (Fsp3) is 0.0222. The van der Waals surface area contributed by atoms with Crippen LogP contribution >= 0.6 is 0 Å². The van der Waals surface area contributed by atoms with Gasteiger partial charge in [-0.15, -0.1) is 0 Å². The maximum absolute atomic E-state index is 6.61. The Balaban J connectivity index is 1.28. The number of hydrogen-bond acceptors (Lipinski definition) is 3. The highest BCUT2D eigenvalue weighted by molar-refractivity contribution is 5.97. The van der Waals surface area contributed by atoms with Crippen molar-refractivity contribution in [1.29, 1.82) is 0 Å². The normalized spacial score (nSPS) is 13.3. The molecule has 3 heteroatoms. The van der Waals surface area contributed by atoms with Crippen LogP contribution in [-0.4, -0.2) is 9.97 Å². The van der Waals surface area contributed by atoms with Gasteiger partial charge in [-0.1, -0.05) is 133 Å². The monoisotopic (exact) mass is 612 g/mol. The van der Waals surface area contributed by atoms with E-state index in [1.807, 2.05) is 24.3 Å². The van der Waals surface area contributed by atoms with E-state index < -0.39 is 5.41 Å². The van der Waals surface area contributed by atoms with Gasteiger partial charge in [0, 0.05) is 27.8 Å². The molecule has 1 spiro atoms. The molecule has 2 heterocycles. The number of ether oxygens (including phenoxy) is 1. The first kappa shape index (κ1) is 26.9. The van der Waals surface area contributed by atoms with Crippen molar-refractivity contribution in [2.45, 2.75) is 5.41 Å². The van der Waals surface area contributed by atoms with E-state index in [0.717, 1.165) is 50.7 Å². The van der Waals surface area contributed by atoms with Gasteiger partial charge in [0.1, 0.15) is 11.5 Å². The Hall–Kier alpha value is -6.32. The van der Waals surface area contributed by atoms with Gasteiger partial charge in [-0.25, -0.2) is 9.97 Å². The fourth-order valence-corrected chi connectivity index (χ4v) is 7.81. The smallest absolute Gasteiger partial charge is 0.160 e. The Kier molecular flexibility index (Phi) is 5.79. The molecule has 0 unspecified atom stereocenters. The van der Waals surface area contributed by atoms with Gasteiger partial charge in [0.2, 0.25) is 0 Å². The Bertz CT molecular complexity index is 2440. The van der Waals surface area contributed by atoms with Crippen molar-refractivity contribution in [1.82, 2.24) is 9.97 Å². The average molecular weight is 613 g/mol. The molecule has 0 amide bonds. The Morgan fingerprint density at radius 3 is 1.60 bits per heavy atom. The van der Waals surface area contributed by atoms with Crippen LogP contribution in [0.25, 0.3) is 55.8 Å². The maximum atomic E-state index is 6.61. The van der Waals surface area contributed by atoms with E-state index in [9.17, 15) is 0 Å². The minimum absolute atomic E-state index is 0.576. The molecule has 224 valence electrons. The van der Waals surface area contributed by atoms with Gasteiger partial charge >= 0.3 is 0 Å². The lowest BCUT2D eigenvalue weighted by molar-refractivity contribution is 0.436. The zero-order chi connectivity index (χ0) is 31.7. The number of aromatic nitrogens is 2. The Morgan fingerprint density at radius 1 is 0.375 bits per heavy atom. The van der Waals surface area contributed by atoms with Crippen LogP contribution in [0.5, 0.6) is 11.5 Å². The minimum Gasteiger partial charge on any atom is -0.457 e. The molecule has 0 atom stereocenters. The van der Waals surface area contributed by atoms with E-state index in [0.29, 0.717) is 5.82 Å². The van der Waals surface area contributed by atoms with Gasteiger partial charge in [0.05, 0.1) is 16.8 Å². The van der Waals surface area contributed by atoms with Gasteiger partial charge in [-0.05, 0) is 69.4 Å². The summed E-state index contributed by atoms with van der Waals surface area (Å²) in [4.78, 5) is 10.3. The summed E-state index contributed by atoms with van der Waals surface area (Å²) in [5.41, 5.74) is 11.6. The van der Waals surface area contributed by atoms with Gasteiger partial charge in [0.15, 0.2) is 5.82 Å². The quantitative estimate of drug-likeness (QED) is 0.199. The van der Waals surface area contributed by atoms with E-state index in [2.05, 4.69) is 146 Å². The van der Waals surface area contributed by atoms with E-state index in [-0.39, 0.29) is 0 Å². The van der Waals surface area contributed by atoms with Crippen LogP contribution < -0.4 is 4.74 Å². The highest BCUT2D eigenvalue weighted by Gasteiger charge is 2.51. The topological polar surface area (TPSA) is 35.0 Å². The van der Waals surface area contributed by atoms with E-state index in [1.165, 1.54) is 33.0 Å². The first-order valence-corrected chi connectivity index (χ1v) is 16.3. The number of para-hydroxylation sites is 2. The predicted octanol–water partition coefficient (Wildman–Crippen LogP) is 11.1. The first-order valence-electron chi connectivity index (χ1n) is 16.3. The van der Waals surface area contributed by atoms with Crippen molar-refractivity contribution < 1.29 is 4.74 Å². The average Bonchev–Trinajstić information content (AvgIpc) is 3.43. The number of benzene rings is 7. The van der Waals surface area contributed by atoms with Crippen LogP contribution in [0.2, 0.25) is 0 Å². The maximum Gasteiger partial charge on any atom is 0.160 e. The number of rotatable bonds is 3. The molecule has 1 aliphatic heterocycles. The Labute approximate surface area is 278 Å². The fourth-order valence-electron chi connectivity index (χ4n) is 7.81. The summed E-state index contributed by atoms with van der Waals surface area (Å²) in [6.45, 7) is 0. The summed E-state index contributed by atoms with van der Waals surface area (Å²) in [6.07, 6.45) is 0. The van der Waals surface area contributed by atoms with E-state index in [4.69, 9.17) is 14.7 Å². The number of nitrogens with zero attached hydrogens (tertiary/aromatic N) is 2. The van der Waals surface area contributed by atoms with E-state index >= 15 is 0 Å². The minimum atomic E-state index is -0.576. The second-order valence-corrected chi connectivity index (χ2v) is 12.5. The molecular weight excluding hydrogens is 585 g/mol. The molecule has 0 bridgehead atoms.